The molecule has 0 radical (unpaired) electrons. The van der Waals surface area contributed by atoms with Gasteiger partial charge >= 0.3 is 7.82 Å². The van der Waals surface area contributed by atoms with Gasteiger partial charge in [0.2, 0.25) is 0 Å². The van der Waals surface area contributed by atoms with E-state index in [-0.39, 0.29) is 12.7 Å². The quantitative estimate of drug-likeness (QED) is 0.0978. The van der Waals surface area contributed by atoms with Crippen molar-refractivity contribution in [1.82, 2.24) is 0 Å². The van der Waals surface area contributed by atoms with Crippen LogP contribution in [0.3, 0.4) is 0 Å². The Bertz CT molecular complexity index is 433. The highest BCUT2D eigenvalue weighted by Gasteiger charge is 2.18. The van der Waals surface area contributed by atoms with Crippen LogP contribution in [0.25, 0.3) is 0 Å². The molecule has 0 aromatic rings. The van der Waals surface area contributed by atoms with Gasteiger partial charge in [-0.25, -0.2) is 4.57 Å². The molecule has 0 heterocycles. The van der Waals surface area contributed by atoms with Crippen molar-refractivity contribution in [3.05, 3.63) is 0 Å². The van der Waals surface area contributed by atoms with Crippen molar-refractivity contribution in [1.29, 1.82) is 0 Å². The Hall–Kier alpha value is 0.420. The molecule has 0 rings (SSSR count). The van der Waals surface area contributed by atoms with E-state index >= 15 is 0 Å². The molecule has 0 spiro atoms. The highest BCUT2D eigenvalue weighted by atomic mass is 32.2. The topological polar surface area (TPSA) is 76.0 Å². The first-order valence-corrected chi connectivity index (χ1v) is 15.9. The van der Waals surface area contributed by atoms with E-state index in [1.54, 1.807) is 0 Å². The molecule has 0 saturated carbocycles. The third-order valence-corrected chi connectivity index (χ3v) is 7.96. The fourth-order valence-electron chi connectivity index (χ4n) is 3.85. The number of rotatable bonds is 25. The highest BCUT2D eigenvalue weighted by Crippen LogP contribution is 2.35. The van der Waals surface area contributed by atoms with E-state index in [4.69, 9.17) is 14.5 Å². The molecule has 7 heteroatoms. The summed E-state index contributed by atoms with van der Waals surface area (Å²) in [7, 11) is -4.37. The molecule has 0 aliphatic carbocycles. The number of ether oxygens (including phenoxy) is 1. The van der Waals surface area contributed by atoms with Crippen LogP contribution in [0.2, 0.25) is 0 Å². The Morgan fingerprint density at radius 2 is 1.22 bits per heavy atom. The van der Waals surface area contributed by atoms with Crippen LogP contribution in [-0.2, 0) is 13.8 Å². The molecule has 32 heavy (non-hydrogen) atoms. The van der Waals surface area contributed by atoms with Crippen LogP contribution in [0.15, 0.2) is 0 Å². The van der Waals surface area contributed by atoms with Crippen LogP contribution in [0.1, 0.15) is 130 Å². The summed E-state index contributed by atoms with van der Waals surface area (Å²) >= 11 is 2.06. The number of hydrogen-bond donors (Lipinski definition) is 2. The van der Waals surface area contributed by atoms with E-state index in [9.17, 15) is 4.57 Å². The number of hydrogen-bond acceptors (Lipinski definition) is 4. The molecule has 0 fully saturated rings. The van der Waals surface area contributed by atoms with E-state index in [1.807, 2.05) is 0 Å². The zero-order chi connectivity index (χ0) is 23.9. The van der Waals surface area contributed by atoms with Gasteiger partial charge in [0.15, 0.2) is 0 Å². The summed E-state index contributed by atoms with van der Waals surface area (Å²) in [5.74, 6) is 1.20. The van der Waals surface area contributed by atoms with E-state index in [0.29, 0.717) is 18.3 Å². The second-order valence-electron chi connectivity index (χ2n) is 9.05. The summed E-state index contributed by atoms with van der Waals surface area (Å²) in [6.07, 6.45) is 22.0. The van der Waals surface area contributed by atoms with Gasteiger partial charge in [-0.15, -0.1) is 0 Å². The van der Waals surface area contributed by atoms with Crippen molar-refractivity contribution in [3.8, 4) is 0 Å². The van der Waals surface area contributed by atoms with E-state index in [2.05, 4.69) is 37.1 Å². The SMILES string of the molecule is CCCCCCCCCCCSC(CCCCCCCC)C(C)OCCCOP(=O)(O)O. The molecule has 0 aliphatic rings. The molecule has 0 aliphatic heterocycles. The number of unbranched alkanes of at least 4 members (excludes halogenated alkanes) is 13. The smallest absolute Gasteiger partial charge is 0.377 e. The first-order valence-electron chi connectivity index (χ1n) is 13.3. The summed E-state index contributed by atoms with van der Waals surface area (Å²) in [5.41, 5.74) is 0. The van der Waals surface area contributed by atoms with Gasteiger partial charge in [-0.2, -0.15) is 11.8 Å². The standard InChI is InChI=1S/C25H53O5PS/c1-4-6-8-10-12-13-14-16-18-23-32-25(20-17-15-11-9-7-5-2)24(3)29-21-19-22-30-31(26,27)28/h24-25H,4-23H2,1-3H3,(H2,26,27,28). The molecule has 0 aromatic heterocycles. The molecule has 0 bridgehead atoms. The molecule has 0 aromatic carbocycles. The number of thioether (sulfide) groups is 1. The van der Waals surface area contributed by atoms with Crippen LogP contribution in [0, 0.1) is 0 Å². The molecule has 2 unspecified atom stereocenters. The maximum Gasteiger partial charge on any atom is 0.469 e. The van der Waals surface area contributed by atoms with Crippen molar-refractivity contribution in [2.24, 2.45) is 0 Å². The van der Waals surface area contributed by atoms with Gasteiger partial charge in [0.05, 0.1) is 12.7 Å². The van der Waals surface area contributed by atoms with E-state index < -0.39 is 7.82 Å². The molecule has 2 N–H and O–H groups in total. The molecule has 194 valence electrons. The Morgan fingerprint density at radius 3 is 1.75 bits per heavy atom. The fourth-order valence-corrected chi connectivity index (χ4v) is 5.57. The van der Waals surface area contributed by atoms with Crippen molar-refractivity contribution in [2.75, 3.05) is 19.0 Å². The van der Waals surface area contributed by atoms with Crippen LogP contribution in [0.4, 0.5) is 0 Å². The van der Waals surface area contributed by atoms with Crippen molar-refractivity contribution in [3.63, 3.8) is 0 Å². The minimum Gasteiger partial charge on any atom is -0.377 e. The second kappa shape index (κ2) is 23.2. The van der Waals surface area contributed by atoms with Crippen LogP contribution in [0.5, 0.6) is 0 Å². The Labute approximate surface area is 203 Å². The zero-order valence-electron chi connectivity index (χ0n) is 21.3. The Kier molecular flexibility index (Phi) is 23.5. The molecule has 0 saturated heterocycles. The first-order chi connectivity index (χ1) is 15.4. The number of phosphoric ester groups is 1. The normalized spacial score (nSPS) is 14.0. The van der Waals surface area contributed by atoms with Crippen molar-refractivity contribution in [2.45, 2.75) is 141 Å². The highest BCUT2D eigenvalue weighted by molar-refractivity contribution is 7.99. The lowest BCUT2D eigenvalue weighted by Gasteiger charge is -2.24. The third kappa shape index (κ3) is 23.6. The lowest BCUT2D eigenvalue weighted by atomic mass is 10.1. The van der Waals surface area contributed by atoms with Crippen LogP contribution < -0.4 is 0 Å². The Balaban J connectivity index is 4.06. The predicted octanol–water partition coefficient (Wildman–Crippen LogP) is 8.27. The van der Waals surface area contributed by atoms with Gasteiger partial charge in [-0.3, -0.25) is 4.52 Å². The second-order valence-corrected chi connectivity index (χ2v) is 11.6. The largest absolute Gasteiger partial charge is 0.469 e. The van der Waals surface area contributed by atoms with Gasteiger partial charge in [0, 0.05) is 11.9 Å². The minimum atomic E-state index is -4.37. The van der Waals surface area contributed by atoms with Crippen molar-refractivity contribution < 1.29 is 23.6 Å². The maximum absolute atomic E-state index is 10.7. The molecule has 0 amide bonds. The fraction of sp³-hybridized carbons (Fsp3) is 1.00. The first kappa shape index (κ1) is 32.4. The third-order valence-electron chi connectivity index (χ3n) is 5.87. The average Bonchev–Trinajstić information content (AvgIpc) is 2.74. The monoisotopic (exact) mass is 496 g/mol. The minimum absolute atomic E-state index is 0.0324. The van der Waals surface area contributed by atoms with Gasteiger partial charge in [-0.1, -0.05) is 104 Å². The summed E-state index contributed by atoms with van der Waals surface area (Å²) in [6, 6.07) is 0. The Morgan fingerprint density at radius 1 is 0.719 bits per heavy atom. The van der Waals surface area contributed by atoms with Gasteiger partial charge in [0.1, 0.15) is 0 Å². The lowest BCUT2D eigenvalue weighted by molar-refractivity contribution is 0.0521. The predicted molar refractivity (Wildman–Crippen MR) is 139 cm³/mol. The lowest BCUT2D eigenvalue weighted by Crippen LogP contribution is -2.24. The van der Waals surface area contributed by atoms with E-state index in [1.165, 1.54) is 108 Å². The maximum atomic E-state index is 10.7. The van der Waals surface area contributed by atoms with E-state index in [0.717, 1.165) is 0 Å². The van der Waals surface area contributed by atoms with Gasteiger partial charge in [-0.05, 0) is 31.9 Å². The summed E-state index contributed by atoms with van der Waals surface area (Å²) in [4.78, 5) is 17.5. The summed E-state index contributed by atoms with van der Waals surface area (Å²) in [6.45, 7) is 7.18. The molecule has 5 nitrogen and oxygen atoms in total. The van der Waals surface area contributed by atoms with Crippen molar-refractivity contribution >= 4 is 19.6 Å². The molecular formula is C25H53O5PS. The summed E-state index contributed by atoms with van der Waals surface area (Å²) in [5, 5.41) is 0.498. The van der Waals surface area contributed by atoms with Gasteiger partial charge in [0.25, 0.3) is 0 Å². The summed E-state index contributed by atoms with van der Waals surface area (Å²) < 4.78 is 21.3. The zero-order valence-corrected chi connectivity index (χ0v) is 23.0. The number of phosphoric acid groups is 1. The van der Waals surface area contributed by atoms with Crippen LogP contribution in [-0.4, -0.2) is 40.1 Å². The average molecular weight is 497 g/mol. The molecular weight excluding hydrogens is 443 g/mol. The van der Waals surface area contributed by atoms with Gasteiger partial charge < -0.3 is 14.5 Å². The van der Waals surface area contributed by atoms with Crippen LogP contribution >= 0.6 is 19.6 Å². The molecule has 2 atom stereocenters.